The summed E-state index contributed by atoms with van der Waals surface area (Å²) in [5, 5.41) is 4.10. The average molecular weight is 372 g/mol. The third-order valence-electron chi connectivity index (χ3n) is 6.76. The van der Waals surface area contributed by atoms with Gasteiger partial charge in [0.15, 0.2) is 18.1 Å². The van der Waals surface area contributed by atoms with E-state index in [4.69, 9.17) is 4.74 Å². The van der Waals surface area contributed by atoms with Crippen LogP contribution in [0, 0.1) is 23.2 Å². The summed E-state index contributed by atoms with van der Waals surface area (Å²) >= 11 is 0. The molecule has 4 bridgehead atoms. The third kappa shape index (κ3) is 3.58. The molecule has 0 N–H and O–H groups in total. The molecule has 0 radical (unpaired) electrons. The number of carbonyl (C=O) groups excluding carboxylic acids is 2. The second-order valence-corrected chi connectivity index (χ2v) is 8.83. The topological polar surface area (TPSA) is 78.3 Å². The van der Waals surface area contributed by atoms with E-state index in [-0.39, 0.29) is 29.1 Å². The molecule has 0 atom stereocenters. The van der Waals surface area contributed by atoms with Crippen LogP contribution in [0.15, 0.2) is 16.9 Å². The van der Waals surface area contributed by atoms with Gasteiger partial charge in [-0.1, -0.05) is 13.3 Å². The molecule has 4 fully saturated rings. The largest absolute Gasteiger partial charge is 0.453 e. The quantitative estimate of drug-likeness (QED) is 0.688. The fourth-order valence-corrected chi connectivity index (χ4v) is 5.84. The van der Waals surface area contributed by atoms with E-state index >= 15 is 0 Å². The van der Waals surface area contributed by atoms with Crippen LogP contribution in [0.3, 0.4) is 0 Å². The van der Waals surface area contributed by atoms with Crippen molar-refractivity contribution in [2.45, 2.75) is 64.8 Å². The Labute approximate surface area is 159 Å². The van der Waals surface area contributed by atoms with Crippen LogP contribution in [-0.4, -0.2) is 28.1 Å². The van der Waals surface area contributed by atoms with E-state index < -0.39 is 5.97 Å². The van der Waals surface area contributed by atoms with Gasteiger partial charge in [0.1, 0.15) is 0 Å². The molecule has 6 heteroatoms. The summed E-state index contributed by atoms with van der Waals surface area (Å²) in [6.07, 6.45) is 8.47. The number of unbranched alkanes of at least 4 members (excludes halogenated alkanes) is 1. The van der Waals surface area contributed by atoms with Gasteiger partial charge in [-0.3, -0.25) is 9.59 Å². The van der Waals surface area contributed by atoms with Crippen molar-refractivity contribution in [3.63, 3.8) is 0 Å². The Morgan fingerprint density at radius 3 is 2.37 bits per heavy atom. The van der Waals surface area contributed by atoms with Gasteiger partial charge in [0.05, 0.1) is 0 Å². The minimum atomic E-state index is -0.627. The van der Waals surface area contributed by atoms with Crippen LogP contribution in [0.2, 0.25) is 0 Å². The molecule has 1 heterocycles. The zero-order chi connectivity index (χ0) is 19.0. The molecule has 27 heavy (non-hydrogen) atoms. The number of hydrogen-bond acceptors (Lipinski definition) is 5. The minimum absolute atomic E-state index is 0.0780. The Morgan fingerprint density at radius 2 is 1.78 bits per heavy atom. The summed E-state index contributed by atoms with van der Waals surface area (Å²) < 4.78 is 6.61. The van der Waals surface area contributed by atoms with Crippen LogP contribution in [0.1, 0.15) is 68.8 Å². The second kappa shape index (κ2) is 7.21. The maximum absolute atomic E-state index is 12.9. The molecule has 0 aliphatic heterocycles. The van der Waals surface area contributed by atoms with E-state index in [0.717, 1.165) is 32.1 Å². The molecule has 1 aromatic heterocycles. The lowest BCUT2D eigenvalue weighted by Gasteiger charge is -2.55. The smallest absolute Gasteiger partial charge is 0.359 e. The van der Waals surface area contributed by atoms with Gasteiger partial charge in [-0.05, 0) is 68.8 Å². The molecule has 6 nitrogen and oxygen atoms in total. The van der Waals surface area contributed by atoms with Crippen LogP contribution < -0.4 is 5.56 Å². The van der Waals surface area contributed by atoms with Crippen molar-refractivity contribution in [1.29, 1.82) is 0 Å². The molecular weight excluding hydrogens is 344 g/mol. The van der Waals surface area contributed by atoms with Crippen LogP contribution in [0.5, 0.6) is 0 Å². The Morgan fingerprint density at radius 1 is 1.15 bits per heavy atom. The standard InChI is InChI=1S/C21H28N2O4/c1-2-3-6-23-19(25)5-4-17(22-23)20(26)27-13-18(24)21-10-14-7-15(11-21)9-16(8-14)12-21/h4-5,14-16H,2-3,6-13H2,1H3. The number of ketones is 1. The molecule has 4 aliphatic carbocycles. The van der Waals surface area contributed by atoms with E-state index in [1.165, 1.54) is 36.1 Å². The molecule has 4 aliphatic rings. The number of carbonyl (C=O) groups is 2. The molecule has 0 saturated heterocycles. The third-order valence-corrected chi connectivity index (χ3v) is 6.76. The van der Waals surface area contributed by atoms with Crippen LogP contribution >= 0.6 is 0 Å². The van der Waals surface area contributed by atoms with Gasteiger partial charge in [-0.2, -0.15) is 5.10 Å². The lowest BCUT2D eigenvalue weighted by molar-refractivity contribution is -0.147. The highest BCUT2D eigenvalue weighted by molar-refractivity contribution is 5.92. The predicted molar refractivity (Wildman–Crippen MR) is 99.3 cm³/mol. The highest BCUT2D eigenvalue weighted by atomic mass is 16.5. The number of hydrogen-bond donors (Lipinski definition) is 0. The van der Waals surface area contributed by atoms with Gasteiger partial charge in [0, 0.05) is 18.0 Å². The summed E-state index contributed by atoms with van der Waals surface area (Å²) in [6.45, 7) is 2.32. The number of Topliss-reactive ketones (excluding diaryl/α,β-unsaturated/α-hetero) is 1. The summed E-state index contributed by atoms with van der Waals surface area (Å²) in [7, 11) is 0. The van der Waals surface area contributed by atoms with Crippen molar-refractivity contribution in [3.8, 4) is 0 Å². The van der Waals surface area contributed by atoms with E-state index in [1.54, 1.807) is 0 Å². The number of rotatable bonds is 7. The zero-order valence-electron chi connectivity index (χ0n) is 16.0. The molecule has 0 amide bonds. The van der Waals surface area contributed by atoms with Crippen LogP contribution in [-0.2, 0) is 16.1 Å². The Bertz CT molecular complexity index is 762. The maximum Gasteiger partial charge on any atom is 0.359 e. The highest BCUT2D eigenvalue weighted by Crippen LogP contribution is 2.60. The summed E-state index contributed by atoms with van der Waals surface area (Å²) in [6, 6.07) is 2.71. The van der Waals surface area contributed by atoms with Gasteiger partial charge >= 0.3 is 5.97 Å². The minimum Gasteiger partial charge on any atom is -0.453 e. The number of esters is 1. The Hall–Kier alpha value is -1.98. The number of aromatic nitrogens is 2. The van der Waals surface area contributed by atoms with Crippen molar-refractivity contribution in [2.75, 3.05) is 6.61 Å². The van der Waals surface area contributed by atoms with Crippen molar-refractivity contribution < 1.29 is 14.3 Å². The zero-order valence-corrected chi connectivity index (χ0v) is 16.0. The van der Waals surface area contributed by atoms with E-state index in [0.29, 0.717) is 24.3 Å². The van der Waals surface area contributed by atoms with Gasteiger partial charge in [-0.15, -0.1) is 0 Å². The molecule has 1 aromatic rings. The van der Waals surface area contributed by atoms with Gasteiger partial charge in [0.2, 0.25) is 0 Å². The average Bonchev–Trinajstić information content (AvgIpc) is 2.64. The first-order chi connectivity index (χ1) is 13.0. The molecule has 0 spiro atoms. The number of aryl methyl sites for hydroxylation is 1. The molecule has 0 unspecified atom stereocenters. The first-order valence-corrected chi connectivity index (χ1v) is 10.3. The summed E-state index contributed by atoms with van der Waals surface area (Å²) in [4.78, 5) is 37.1. The Kier molecular flexibility index (Phi) is 4.91. The molecular formula is C21H28N2O4. The van der Waals surface area contributed by atoms with Crippen LogP contribution in [0.4, 0.5) is 0 Å². The first kappa shape index (κ1) is 18.4. The molecule has 146 valence electrons. The van der Waals surface area contributed by atoms with E-state index in [1.807, 2.05) is 6.92 Å². The fourth-order valence-electron chi connectivity index (χ4n) is 5.84. The van der Waals surface area contributed by atoms with Crippen molar-refractivity contribution in [3.05, 3.63) is 28.2 Å². The van der Waals surface area contributed by atoms with Gasteiger partial charge < -0.3 is 4.74 Å². The van der Waals surface area contributed by atoms with Gasteiger partial charge in [0.25, 0.3) is 5.56 Å². The Balaban J connectivity index is 1.39. The van der Waals surface area contributed by atoms with E-state index in [2.05, 4.69) is 5.10 Å². The highest BCUT2D eigenvalue weighted by Gasteiger charge is 2.54. The fraction of sp³-hybridized carbons (Fsp3) is 0.714. The second-order valence-electron chi connectivity index (χ2n) is 8.83. The number of ether oxygens (including phenoxy) is 1. The van der Waals surface area contributed by atoms with Crippen molar-refractivity contribution >= 4 is 11.8 Å². The monoisotopic (exact) mass is 372 g/mol. The van der Waals surface area contributed by atoms with Crippen LogP contribution in [0.25, 0.3) is 0 Å². The first-order valence-electron chi connectivity index (χ1n) is 10.3. The lowest BCUT2D eigenvalue weighted by Crippen LogP contribution is -2.51. The normalized spacial score (nSPS) is 31.1. The molecule has 5 rings (SSSR count). The van der Waals surface area contributed by atoms with Crippen molar-refractivity contribution in [1.82, 2.24) is 9.78 Å². The SMILES string of the molecule is CCCCn1nc(C(=O)OCC(=O)C23CC4CC(CC(C4)C2)C3)ccc1=O. The predicted octanol–water partition coefficient (Wildman–Crippen LogP) is 2.99. The molecule has 4 saturated carbocycles. The van der Waals surface area contributed by atoms with Crippen molar-refractivity contribution in [2.24, 2.45) is 23.2 Å². The lowest BCUT2D eigenvalue weighted by atomic mass is 9.48. The summed E-state index contributed by atoms with van der Waals surface area (Å²) in [5.41, 5.74) is -0.406. The number of nitrogens with zero attached hydrogens (tertiary/aromatic N) is 2. The van der Waals surface area contributed by atoms with E-state index in [9.17, 15) is 14.4 Å². The molecule has 0 aromatic carbocycles. The van der Waals surface area contributed by atoms with Gasteiger partial charge in [-0.25, -0.2) is 9.48 Å². The maximum atomic E-state index is 12.9. The summed E-state index contributed by atoms with van der Waals surface area (Å²) in [5.74, 6) is 1.49.